The zero-order valence-corrected chi connectivity index (χ0v) is 19.2. The van der Waals surface area contributed by atoms with Crippen LogP contribution in [0.2, 0.25) is 0 Å². The Balaban J connectivity index is 1.19. The quantitative estimate of drug-likeness (QED) is 0.486. The number of benzene rings is 3. The van der Waals surface area contributed by atoms with E-state index in [1.165, 1.54) is 22.3 Å². The Kier molecular flexibility index (Phi) is 8.32. The number of nitrogens with zero attached hydrogens (tertiary/aromatic N) is 2. The zero-order valence-electron chi connectivity index (χ0n) is 19.2. The van der Waals surface area contributed by atoms with Crippen LogP contribution in [0.15, 0.2) is 78.9 Å². The average molecular weight is 430 g/mol. The Morgan fingerprint density at radius 2 is 1.41 bits per heavy atom. The molecule has 3 aromatic carbocycles. The number of hydrogen-bond donors (Lipinski definition) is 1. The van der Waals surface area contributed by atoms with Crippen LogP contribution in [0.25, 0.3) is 11.1 Å². The molecule has 0 aliphatic carbocycles. The van der Waals surface area contributed by atoms with E-state index in [1.807, 2.05) is 0 Å². The van der Waals surface area contributed by atoms with E-state index < -0.39 is 0 Å². The molecule has 4 nitrogen and oxygen atoms in total. The molecule has 1 saturated heterocycles. The Labute approximate surface area is 192 Å². The normalized spacial score (nSPS) is 15.0. The number of ether oxygens (including phenoxy) is 1. The monoisotopic (exact) mass is 429 g/mol. The van der Waals surface area contributed by atoms with Crippen molar-refractivity contribution in [1.29, 1.82) is 0 Å². The highest BCUT2D eigenvalue weighted by molar-refractivity contribution is 5.64. The molecule has 0 saturated carbocycles. The van der Waals surface area contributed by atoms with Crippen LogP contribution >= 0.6 is 0 Å². The molecular formula is C28H35N3O. The first-order valence-electron chi connectivity index (χ1n) is 11.7. The molecule has 1 aliphatic heterocycles. The highest BCUT2D eigenvalue weighted by Crippen LogP contribution is 2.23. The largest absolute Gasteiger partial charge is 0.492 e. The first kappa shape index (κ1) is 22.5. The molecule has 0 amide bonds. The molecule has 0 aromatic heterocycles. The van der Waals surface area contributed by atoms with Crippen molar-refractivity contribution in [2.75, 3.05) is 52.9 Å². The lowest BCUT2D eigenvalue weighted by Crippen LogP contribution is -2.45. The van der Waals surface area contributed by atoms with Crippen molar-refractivity contribution in [3.63, 3.8) is 0 Å². The second-order valence-corrected chi connectivity index (χ2v) is 8.63. The van der Waals surface area contributed by atoms with Gasteiger partial charge in [0.05, 0.1) is 0 Å². The topological polar surface area (TPSA) is 27.7 Å². The fourth-order valence-corrected chi connectivity index (χ4v) is 4.03. The van der Waals surface area contributed by atoms with Gasteiger partial charge in [0.2, 0.25) is 0 Å². The van der Waals surface area contributed by atoms with Gasteiger partial charge in [-0.3, -0.25) is 4.90 Å². The van der Waals surface area contributed by atoms with Crippen molar-refractivity contribution in [3.05, 3.63) is 90.0 Å². The van der Waals surface area contributed by atoms with Crippen LogP contribution in [0.3, 0.4) is 0 Å². The third kappa shape index (κ3) is 6.92. The van der Waals surface area contributed by atoms with Crippen LogP contribution in [0.5, 0.6) is 5.75 Å². The van der Waals surface area contributed by atoms with Gasteiger partial charge in [-0.1, -0.05) is 66.7 Å². The summed E-state index contributed by atoms with van der Waals surface area (Å²) >= 11 is 0. The number of nitrogens with one attached hydrogen (secondary N) is 1. The number of piperazine rings is 1. The number of likely N-dealkylation sites (N-methyl/N-ethyl adjacent to an activating group) is 1. The summed E-state index contributed by atoms with van der Waals surface area (Å²) in [4.78, 5) is 4.86. The fraction of sp³-hybridized carbons (Fsp3) is 0.357. The lowest BCUT2D eigenvalue weighted by Gasteiger charge is -2.32. The highest BCUT2D eigenvalue weighted by atomic mass is 16.5. The standard InChI is InChI=1S/C28H35N3O/c1-30-17-19-31(20-18-30)21-22-32-28-13-11-27(12-14-28)26-9-7-24(8-10-26)15-16-29-23-25-5-3-2-4-6-25/h2-14,29H,15-23H2,1H3. The minimum absolute atomic E-state index is 0.746. The van der Waals surface area contributed by atoms with Gasteiger partial charge in [-0.05, 0) is 54.4 Å². The fourth-order valence-electron chi connectivity index (χ4n) is 4.03. The van der Waals surface area contributed by atoms with Crippen LogP contribution in [0.1, 0.15) is 11.1 Å². The summed E-state index contributed by atoms with van der Waals surface area (Å²) in [7, 11) is 2.19. The molecule has 4 heteroatoms. The third-order valence-electron chi connectivity index (χ3n) is 6.18. The van der Waals surface area contributed by atoms with Gasteiger partial charge in [0.1, 0.15) is 12.4 Å². The SMILES string of the molecule is CN1CCN(CCOc2ccc(-c3ccc(CCNCc4ccccc4)cc3)cc2)CC1. The molecule has 168 valence electrons. The van der Waals surface area contributed by atoms with Gasteiger partial charge < -0.3 is 15.0 Å². The minimum Gasteiger partial charge on any atom is -0.492 e. The van der Waals surface area contributed by atoms with Crippen molar-refractivity contribution < 1.29 is 4.74 Å². The van der Waals surface area contributed by atoms with E-state index in [-0.39, 0.29) is 0 Å². The summed E-state index contributed by atoms with van der Waals surface area (Å²) in [5.41, 5.74) is 5.16. The first-order valence-corrected chi connectivity index (χ1v) is 11.7. The molecule has 32 heavy (non-hydrogen) atoms. The lowest BCUT2D eigenvalue weighted by atomic mass is 10.0. The van der Waals surface area contributed by atoms with E-state index in [4.69, 9.17) is 4.74 Å². The Bertz CT molecular complexity index is 917. The molecule has 4 rings (SSSR count). The second-order valence-electron chi connectivity index (χ2n) is 8.63. The smallest absolute Gasteiger partial charge is 0.119 e. The van der Waals surface area contributed by atoms with Crippen LogP contribution in [0.4, 0.5) is 0 Å². The highest BCUT2D eigenvalue weighted by Gasteiger charge is 2.13. The summed E-state index contributed by atoms with van der Waals surface area (Å²) in [5, 5.41) is 3.52. The predicted octanol–water partition coefficient (Wildman–Crippen LogP) is 4.31. The maximum atomic E-state index is 5.97. The first-order chi connectivity index (χ1) is 15.8. The van der Waals surface area contributed by atoms with Crippen molar-refractivity contribution in [3.8, 4) is 16.9 Å². The third-order valence-corrected chi connectivity index (χ3v) is 6.18. The summed E-state index contributed by atoms with van der Waals surface area (Å²) in [6.07, 6.45) is 1.03. The molecule has 0 radical (unpaired) electrons. The van der Waals surface area contributed by atoms with Crippen LogP contribution < -0.4 is 10.1 Å². The maximum absolute atomic E-state index is 5.97. The summed E-state index contributed by atoms with van der Waals surface area (Å²) in [5.74, 6) is 0.948. The van der Waals surface area contributed by atoms with E-state index in [9.17, 15) is 0 Å². The summed E-state index contributed by atoms with van der Waals surface area (Å²) in [6, 6.07) is 27.9. The van der Waals surface area contributed by atoms with Crippen LogP contribution in [-0.4, -0.2) is 62.7 Å². The Hall–Kier alpha value is -2.66. The minimum atomic E-state index is 0.746. The van der Waals surface area contributed by atoms with E-state index in [1.54, 1.807) is 0 Å². The van der Waals surface area contributed by atoms with Crippen LogP contribution in [0, 0.1) is 0 Å². The predicted molar refractivity (Wildman–Crippen MR) is 133 cm³/mol. The zero-order chi connectivity index (χ0) is 22.0. The van der Waals surface area contributed by atoms with Gasteiger partial charge in [0.15, 0.2) is 0 Å². The van der Waals surface area contributed by atoms with Crippen molar-refractivity contribution in [1.82, 2.24) is 15.1 Å². The van der Waals surface area contributed by atoms with Gasteiger partial charge in [-0.25, -0.2) is 0 Å². The second kappa shape index (κ2) is 11.8. The molecule has 1 fully saturated rings. The Morgan fingerprint density at radius 3 is 2.09 bits per heavy atom. The van der Waals surface area contributed by atoms with E-state index in [0.717, 1.165) is 64.6 Å². The summed E-state index contributed by atoms with van der Waals surface area (Å²) < 4.78 is 5.97. The van der Waals surface area contributed by atoms with Gasteiger partial charge in [-0.2, -0.15) is 0 Å². The average Bonchev–Trinajstić information content (AvgIpc) is 2.85. The van der Waals surface area contributed by atoms with Crippen molar-refractivity contribution >= 4 is 0 Å². The van der Waals surface area contributed by atoms with Crippen LogP contribution in [-0.2, 0) is 13.0 Å². The molecule has 1 aliphatic rings. The number of rotatable bonds is 10. The molecule has 1 heterocycles. The van der Waals surface area contributed by atoms with Gasteiger partial charge in [-0.15, -0.1) is 0 Å². The maximum Gasteiger partial charge on any atom is 0.119 e. The molecule has 0 unspecified atom stereocenters. The molecule has 0 bridgehead atoms. The van der Waals surface area contributed by atoms with Gasteiger partial charge >= 0.3 is 0 Å². The number of hydrogen-bond acceptors (Lipinski definition) is 4. The van der Waals surface area contributed by atoms with E-state index in [0.29, 0.717) is 0 Å². The Morgan fingerprint density at radius 1 is 0.750 bits per heavy atom. The van der Waals surface area contributed by atoms with Crippen molar-refractivity contribution in [2.24, 2.45) is 0 Å². The summed E-state index contributed by atoms with van der Waals surface area (Å²) in [6.45, 7) is 8.22. The van der Waals surface area contributed by atoms with Crippen molar-refractivity contribution in [2.45, 2.75) is 13.0 Å². The molecule has 0 atom stereocenters. The molecular weight excluding hydrogens is 394 g/mol. The molecule has 1 N–H and O–H groups in total. The van der Waals surface area contributed by atoms with Gasteiger partial charge in [0, 0.05) is 39.3 Å². The van der Waals surface area contributed by atoms with Gasteiger partial charge in [0.25, 0.3) is 0 Å². The molecule has 3 aromatic rings. The molecule has 0 spiro atoms. The lowest BCUT2D eigenvalue weighted by molar-refractivity contribution is 0.134. The van der Waals surface area contributed by atoms with E-state index in [2.05, 4.69) is 101 Å². The van der Waals surface area contributed by atoms with E-state index >= 15 is 0 Å².